The quantitative estimate of drug-likeness (QED) is 0.481. The van der Waals surface area contributed by atoms with Crippen LogP contribution in [0, 0.1) is 19.3 Å². The normalized spacial score (nSPS) is 9.65. The largest absolute Gasteiger partial charge is 0.506 e. The SMILES string of the molecule is C#Cc1cnc(C)c(O)c1CC(=S)NCC(=O)OCC. The van der Waals surface area contributed by atoms with Crippen LogP contribution in [0.3, 0.4) is 0 Å². The first kappa shape index (κ1) is 15.9. The zero-order chi connectivity index (χ0) is 15.1. The Morgan fingerprint density at radius 1 is 1.65 bits per heavy atom. The Morgan fingerprint density at radius 2 is 2.35 bits per heavy atom. The maximum absolute atomic E-state index is 11.2. The molecule has 0 radical (unpaired) electrons. The minimum atomic E-state index is -0.387. The van der Waals surface area contributed by atoms with Crippen molar-refractivity contribution in [3.8, 4) is 18.1 Å². The van der Waals surface area contributed by atoms with Crippen LogP contribution in [0.5, 0.6) is 5.75 Å². The van der Waals surface area contributed by atoms with Crippen molar-refractivity contribution >= 4 is 23.2 Å². The monoisotopic (exact) mass is 292 g/mol. The van der Waals surface area contributed by atoms with Crippen molar-refractivity contribution in [2.45, 2.75) is 20.3 Å². The Morgan fingerprint density at radius 3 is 2.95 bits per heavy atom. The Bertz CT molecular complexity index is 564. The van der Waals surface area contributed by atoms with Gasteiger partial charge in [-0.2, -0.15) is 0 Å². The van der Waals surface area contributed by atoms with E-state index in [0.29, 0.717) is 28.4 Å². The number of aryl methyl sites for hydroxylation is 1. The van der Waals surface area contributed by atoms with Crippen LogP contribution in [0.15, 0.2) is 6.20 Å². The van der Waals surface area contributed by atoms with E-state index >= 15 is 0 Å². The number of esters is 1. The van der Waals surface area contributed by atoms with Crippen LogP contribution in [0.1, 0.15) is 23.7 Å². The number of nitrogens with one attached hydrogen (secondary N) is 1. The van der Waals surface area contributed by atoms with Gasteiger partial charge in [0.25, 0.3) is 0 Å². The van der Waals surface area contributed by atoms with Crippen LogP contribution >= 0.6 is 12.2 Å². The van der Waals surface area contributed by atoms with Crippen LogP contribution in [-0.4, -0.2) is 34.2 Å². The highest BCUT2D eigenvalue weighted by molar-refractivity contribution is 7.80. The van der Waals surface area contributed by atoms with Crippen molar-refractivity contribution in [3.05, 3.63) is 23.0 Å². The van der Waals surface area contributed by atoms with E-state index in [1.807, 2.05) is 0 Å². The van der Waals surface area contributed by atoms with Gasteiger partial charge in [-0.15, -0.1) is 6.42 Å². The maximum Gasteiger partial charge on any atom is 0.325 e. The number of pyridine rings is 1. The lowest BCUT2D eigenvalue weighted by Gasteiger charge is -2.11. The number of carbonyl (C=O) groups excluding carboxylic acids is 1. The lowest BCUT2D eigenvalue weighted by molar-refractivity contribution is -0.141. The number of hydrogen-bond donors (Lipinski definition) is 2. The molecule has 0 spiro atoms. The number of nitrogens with zero attached hydrogens (tertiary/aromatic N) is 1. The third-order valence-corrected chi connectivity index (χ3v) is 2.86. The number of terminal acetylenes is 1. The summed E-state index contributed by atoms with van der Waals surface area (Å²) >= 11 is 5.13. The van der Waals surface area contributed by atoms with Gasteiger partial charge in [0.2, 0.25) is 0 Å². The molecule has 106 valence electrons. The Balaban J connectivity index is 2.74. The summed E-state index contributed by atoms with van der Waals surface area (Å²) in [5, 5.41) is 12.8. The Kier molecular flexibility index (Phi) is 5.94. The third-order valence-electron chi connectivity index (χ3n) is 2.57. The molecule has 0 amide bonds. The van der Waals surface area contributed by atoms with E-state index in [1.54, 1.807) is 13.8 Å². The van der Waals surface area contributed by atoms with Gasteiger partial charge in [-0.3, -0.25) is 9.78 Å². The van der Waals surface area contributed by atoms with Crippen LogP contribution in [0.2, 0.25) is 0 Å². The van der Waals surface area contributed by atoms with E-state index in [-0.39, 0.29) is 24.7 Å². The third kappa shape index (κ3) is 4.21. The zero-order valence-electron chi connectivity index (χ0n) is 11.4. The van der Waals surface area contributed by atoms with Gasteiger partial charge in [0.1, 0.15) is 12.3 Å². The minimum Gasteiger partial charge on any atom is -0.506 e. The molecule has 0 aliphatic rings. The molecule has 0 atom stereocenters. The number of aromatic hydroxyl groups is 1. The summed E-state index contributed by atoms with van der Waals surface area (Å²) in [5.41, 5.74) is 1.49. The van der Waals surface area contributed by atoms with Crippen molar-refractivity contribution in [1.82, 2.24) is 10.3 Å². The molecule has 0 aromatic carbocycles. The standard InChI is InChI=1S/C14H16N2O3S/c1-4-10-7-15-9(3)14(18)11(10)6-12(20)16-8-13(17)19-5-2/h1,7,18H,5-6,8H2,2-3H3,(H,16,20). The van der Waals surface area contributed by atoms with Crippen molar-refractivity contribution in [1.29, 1.82) is 0 Å². The highest BCUT2D eigenvalue weighted by atomic mass is 32.1. The topological polar surface area (TPSA) is 71.5 Å². The van der Waals surface area contributed by atoms with E-state index in [2.05, 4.69) is 16.2 Å². The molecule has 0 saturated carbocycles. The molecule has 6 heteroatoms. The molecule has 1 rings (SSSR count). The maximum atomic E-state index is 11.2. The molecular weight excluding hydrogens is 276 g/mol. The molecule has 1 heterocycles. The van der Waals surface area contributed by atoms with Crippen LogP contribution in [0.25, 0.3) is 0 Å². The molecule has 0 unspecified atom stereocenters. The lowest BCUT2D eigenvalue weighted by Crippen LogP contribution is -2.30. The fourth-order valence-electron chi connectivity index (χ4n) is 1.56. The van der Waals surface area contributed by atoms with Gasteiger partial charge in [-0.05, 0) is 13.8 Å². The van der Waals surface area contributed by atoms with Gasteiger partial charge in [0.15, 0.2) is 0 Å². The molecule has 5 nitrogen and oxygen atoms in total. The first-order valence-electron chi connectivity index (χ1n) is 6.06. The van der Waals surface area contributed by atoms with Crippen LogP contribution in [-0.2, 0) is 16.0 Å². The van der Waals surface area contributed by atoms with Crippen LogP contribution in [0.4, 0.5) is 0 Å². The van der Waals surface area contributed by atoms with E-state index in [1.165, 1.54) is 6.20 Å². The molecular formula is C14H16N2O3S. The number of rotatable bonds is 5. The fraction of sp³-hybridized carbons (Fsp3) is 0.357. The van der Waals surface area contributed by atoms with E-state index in [9.17, 15) is 9.90 Å². The molecule has 1 aromatic heterocycles. The van der Waals surface area contributed by atoms with Gasteiger partial charge in [-0.25, -0.2) is 0 Å². The number of hydrogen-bond acceptors (Lipinski definition) is 5. The summed E-state index contributed by atoms with van der Waals surface area (Å²) in [6.07, 6.45) is 7.12. The molecule has 0 aliphatic carbocycles. The van der Waals surface area contributed by atoms with Gasteiger partial charge >= 0.3 is 5.97 Å². The first-order chi connectivity index (χ1) is 9.49. The smallest absolute Gasteiger partial charge is 0.325 e. The number of aromatic nitrogens is 1. The van der Waals surface area contributed by atoms with Crippen molar-refractivity contribution in [3.63, 3.8) is 0 Å². The lowest BCUT2D eigenvalue weighted by atomic mass is 10.0. The minimum absolute atomic E-state index is 0.0110. The summed E-state index contributed by atoms with van der Waals surface area (Å²) in [7, 11) is 0. The molecule has 1 aromatic rings. The van der Waals surface area contributed by atoms with E-state index in [0.717, 1.165) is 0 Å². The van der Waals surface area contributed by atoms with E-state index < -0.39 is 0 Å². The highest BCUT2D eigenvalue weighted by Crippen LogP contribution is 2.23. The summed E-state index contributed by atoms with van der Waals surface area (Å²) in [5.74, 6) is 2.09. The van der Waals surface area contributed by atoms with Crippen molar-refractivity contribution in [2.75, 3.05) is 13.2 Å². The summed E-state index contributed by atoms with van der Waals surface area (Å²) in [6.45, 7) is 3.71. The molecule has 0 bridgehead atoms. The Hall–Kier alpha value is -2.13. The van der Waals surface area contributed by atoms with Gasteiger partial charge in [-0.1, -0.05) is 18.1 Å². The predicted molar refractivity (Wildman–Crippen MR) is 79.5 cm³/mol. The molecule has 0 saturated heterocycles. The summed E-state index contributed by atoms with van der Waals surface area (Å²) in [6, 6.07) is 0. The second-order valence-electron chi connectivity index (χ2n) is 3.99. The Labute approximate surface area is 123 Å². The predicted octanol–water partition coefficient (Wildman–Crippen LogP) is 1.10. The highest BCUT2D eigenvalue weighted by Gasteiger charge is 2.13. The molecule has 0 aliphatic heterocycles. The van der Waals surface area contributed by atoms with Gasteiger partial charge < -0.3 is 15.2 Å². The molecule has 0 fully saturated rings. The number of carbonyl (C=O) groups is 1. The fourth-order valence-corrected chi connectivity index (χ4v) is 1.77. The van der Waals surface area contributed by atoms with Crippen molar-refractivity contribution in [2.24, 2.45) is 0 Å². The van der Waals surface area contributed by atoms with Gasteiger partial charge in [0, 0.05) is 23.7 Å². The zero-order valence-corrected chi connectivity index (χ0v) is 12.2. The number of ether oxygens (including phenoxy) is 1. The summed E-state index contributed by atoms with van der Waals surface area (Å²) in [4.78, 5) is 15.6. The second-order valence-corrected chi connectivity index (χ2v) is 4.48. The van der Waals surface area contributed by atoms with E-state index in [4.69, 9.17) is 23.4 Å². The average Bonchev–Trinajstić information content (AvgIpc) is 2.42. The molecule has 20 heavy (non-hydrogen) atoms. The average molecular weight is 292 g/mol. The van der Waals surface area contributed by atoms with Gasteiger partial charge in [0.05, 0.1) is 17.3 Å². The summed E-state index contributed by atoms with van der Waals surface area (Å²) < 4.78 is 4.78. The second kappa shape index (κ2) is 7.46. The molecule has 2 N–H and O–H groups in total. The number of thiocarbonyl (C=S) groups is 1. The van der Waals surface area contributed by atoms with Crippen molar-refractivity contribution < 1.29 is 14.6 Å². The first-order valence-corrected chi connectivity index (χ1v) is 6.46. The van der Waals surface area contributed by atoms with Crippen LogP contribution < -0.4 is 5.32 Å².